The number of hydrogen-bond donors (Lipinski definition) is 2. The number of carbonyl (C=O) groups excluding carboxylic acids is 1. The van der Waals surface area contributed by atoms with Crippen molar-refractivity contribution in [1.82, 2.24) is 14.9 Å². The van der Waals surface area contributed by atoms with E-state index in [0.717, 1.165) is 70.8 Å². The number of nitrogens with zero attached hydrogens (tertiary/aromatic N) is 7. The van der Waals surface area contributed by atoms with Crippen LogP contribution in [0.4, 0.5) is 17.1 Å². The zero-order valence-corrected chi connectivity index (χ0v) is 29.8. The van der Waals surface area contributed by atoms with E-state index >= 15 is 0 Å². The number of hydrogen-bond acceptors (Lipinski definition) is 9. The van der Waals surface area contributed by atoms with Crippen molar-refractivity contribution in [2.24, 2.45) is 15.1 Å². The number of amides is 1. The van der Waals surface area contributed by atoms with Crippen molar-refractivity contribution in [2.75, 3.05) is 36.5 Å². The van der Waals surface area contributed by atoms with Crippen molar-refractivity contribution < 1.29 is 14.6 Å². The predicted molar refractivity (Wildman–Crippen MR) is 203 cm³/mol. The van der Waals surface area contributed by atoms with Crippen LogP contribution >= 0.6 is 0 Å². The number of ether oxygens (including phenoxy) is 1. The Hall–Kier alpha value is -5.16. The van der Waals surface area contributed by atoms with Gasteiger partial charge in [0.2, 0.25) is 5.82 Å². The van der Waals surface area contributed by atoms with Gasteiger partial charge in [-0.15, -0.1) is 9.89 Å². The Labute approximate surface area is 294 Å². The third-order valence-corrected chi connectivity index (χ3v) is 8.69. The number of nitrogens with one attached hydrogen (secondary N) is 1. The van der Waals surface area contributed by atoms with Crippen LogP contribution in [-0.2, 0) is 4.79 Å². The van der Waals surface area contributed by atoms with Crippen LogP contribution in [0, 0.1) is 20.8 Å². The zero-order valence-electron chi connectivity index (χ0n) is 29.8. The van der Waals surface area contributed by atoms with E-state index in [2.05, 4.69) is 51.2 Å². The first kappa shape index (κ1) is 36.1. The number of aliphatic hydroxyl groups excluding tert-OH is 1. The maximum atomic E-state index is 13.5. The van der Waals surface area contributed by atoms with Gasteiger partial charge in [0.25, 0.3) is 5.91 Å². The Morgan fingerprint density at radius 1 is 1.00 bits per heavy atom. The number of fused-ring (bicyclic) bond motifs is 1. The molecule has 1 aromatic heterocycles. The Morgan fingerprint density at radius 3 is 2.50 bits per heavy atom. The summed E-state index contributed by atoms with van der Waals surface area (Å²) in [6, 6.07) is 19.5. The van der Waals surface area contributed by atoms with Gasteiger partial charge < -0.3 is 20.1 Å². The van der Waals surface area contributed by atoms with E-state index in [-0.39, 0.29) is 12.5 Å². The maximum Gasteiger partial charge on any atom is 0.265 e. The van der Waals surface area contributed by atoms with Crippen LogP contribution in [0.1, 0.15) is 68.5 Å². The SMILES string of the molecule is C=NCCN(CCO)c1ccc(N=C2C(C)=Nn3nc(-c4ccc(NC(=O)C(CCCCCC)Oc5ccc(C)cc5C)cc4)nc32)c(C)c1. The summed E-state index contributed by atoms with van der Waals surface area (Å²) in [6.45, 7) is 15.5. The lowest BCUT2D eigenvalue weighted by molar-refractivity contribution is -0.123. The molecule has 262 valence electrons. The second kappa shape index (κ2) is 17.0. The first-order valence-corrected chi connectivity index (χ1v) is 17.4. The van der Waals surface area contributed by atoms with Gasteiger partial charge in [-0.2, -0.15) is 5.10 Å². The van der Waals surface area contributed by atoms with E-state index in [1.165, 1.54) is 4.79 Å². The van der Waals surface area contributed by atoms with Gasteiger partial charge in [0.15, 0.2) is 11.9 Å². The van der Waals surface area contributed by atoms with Crippen LogP contribution in [0.15, 0.2) is 75.7 Å². The number of aryl methyl sites for hydroxylation is 3. The number of unbranched alkanes of at least 4 members (excludes halogenated alkanes) is 3. The monoisotopic (exact) mass is 676 g/mol. The average molecular weight is 677 g/mol. The normalized spacial score (nSPS) is 13.6. The summed E-state index contributed by atoms with van der Waals surface area (Å²) in [4.78, 5) is 30.7. The van der Waals surface area contributed by atoms with Gasteiger partial charge in [0.05, 0.1) is 24.6 Å². The van der Waals surface area contributed by atoms with Crippen molar-refractivity contribution in [3.8, 4) is 17.1 Å². The molecular formula is C39H48N8O3. The quantitative estimate of drug-likeness (QED) is 0.0908. The molecule has 0 radical (unpaired) electrons. The number of benzene rings is 3. The van der Waals surface area contributed by atoms with E-state index in [0.29, 0.717) is 49.1 Å². The highest BCUT2D eigenvalue weighted by Gasteiger charge is 2.26. The smallest absolute Gasteiger partial charge is 0.265 e. The summed E-state index contributed by atoms with van der Waals surface area (Å²) in [7, 11) is 0. The number of anilines is 2. The summed E-state index contributed by atoms with van der Waals surface area (Å²) in [6.07, 6.45) is 4.29. The third kappa shape index (κ3) is 8.89. The van der Waals surface area contributed by atoms with Crippen LogP contribution in [0.3, 0.4) is 0 Å². The van der Waals surface area contributed by atoms with E-state index in [4.69, 9.17) is 14.7 Å². The summed E-state index contributed by atoms with van der Waals surface area (Å²) >= 11 is 0. The second-order valence-corrected chi connectivity index (χ2v) is 12.7. The van der Waals surface area contributed by atoms with Gasteiger partial charge in [-0.1, -0.05) is 43.9 Å². The second-order valence-electron chi connectivity index (χ2n) is 12.7. The molecule has 1 unspecified atom stereocenters. The Bertz CT molecular complexity index is 1860. The Balaban J connectivity index is 1.30. The van der Waals surface area contributed by atoms with Crippen molar-refractivity contribution >= 4 is 41.1 Å². The van der Waals surface area contributed by atoms with Crippen LogP contribution in [0.25, 0.3) is 11.4 Å². The number of aliphatic imine (C=N–C) groups is 2. The summed E-state index contributed by atoms with van der Waals surface area (Å²) in [5.74, 6) is 1.63. The lowest BCUT2D eigenvalue weighted by Gasteiger charge is -2.23. The standard InChI is InChI=1S/C39H48N8O3/c1-7-8-9-10-11-35(50-34-19-12-26(2)24-28(34)4)39(49)41-31-15-13-30(14-16-31)37-43-38-36(29(5)44-47(38)45-37)42-33-18-17-32(25-27(33)3)46(22-23-48)21-20-40-6/h12-19,24-25,35,48H,6-11,20-23H2,1-5H3,(H,41,49). The molecule has 0 bridgehead atoms. The van der Waals surface area contributed by atoms with E-state index in [1.54, 1.807) is 0 Å². The van der Waals surface area contributed by atoms with Gasteiger partial charge in [0.1, 0.15) is 11.5 Å². The van der Waals surface area contributed by atoms with Gasteiger partial charge in [-0.05, 0) is 107 Å². The lowest BCUT2D eigenvalue weighted by atomic mass is 10.1. The molecule has 1 amide bonds. The highest BCUT2D eigenvalue weighted by Crippen LogP contribution is 2.28. The van der Waals surface area contributed by atoms with Crippen LogP contribution in [0.2, 0.25) is 0 Å². The number of rotatable bonds is 17. The molecule has 11 heteroatoms. The molecule has 5 rings (SSSR count). The fraction of sp³-hybridized carbons (Fsp3) is 0.385. The maximum absolute atomic E-state index is 13.5. The molecule has 0 aliphatic carbocycles. The molecule has 2 N–H and O–H groups in total. The third-order valence-electron chi connectivity index (χ3n) is 8.69. The predicted octanol–water partition coefficient (Wildman–Crippen LogP) is 7.08. The minimum Gasteiger partial charge on any atom is -0.480 e. The summed E-state index contributed by atoms with van der Waals surface area (Å²) < 4.78 is 6.28. The minimum atomic E-state index is -0.599. The topological polar surface area (TPSA) is 130 Å². The van der Waals surface area contributed by atoms with E-state index in [9.17, 15) is 9.90 Å². The Morgan fingerprint density at radius 2 is 1.80 bits per heavy atom. The van der Waals surface area contributed by atoms with Crippen LogP contribution < -0.4 is 15.0 Å². The lowest BCUT2D eigenvalue weighted by Crippen LogP contribution is -2.33. The van der Waals surface area contributed by atoms with Crippen molar-refractivity contribution in [2.45, 2.75) is 72.8 Å². The molecule has 1 aliphatic heterocycles. The van der Waals surface area contributed by atoms with Crippen LogP contribution in [-0.4, -0.2) is 76.4 Å². The molecule has 0 spiro atoms. The molecule has 4 aromatic rings. The Kier molecular flexibility index (Phi) is 12.3. The van der Waals surface area contributed by atoms with E-state index in [1.807, 2.05) is 76.2 Å². The highest BCUT2D eigenvalue weighted by atomic mass is 16.5. The molecular weight excluding hydrogens is 628 g/mol. The molecule has 11 nitrogen and oxygen atoms in total. The first-order chi connectivity index (χ1) is 24.2. The summed E-state index contributed by atoms with van der Waals surface area (Å²) in [5.41, 5.74) is 7.77. The fourth-order valence-electron chi connectivity index (χ4n) is 5.90. The number of aliphatic hydroxyl groups is 1. The first-order valence-electron chi connectivity index (χ1n) is 17.4. The average Bonchev–Trinajstić information content (AvgIpc) is 3.63. The van der Waals surface area contributed by atoms with Crippen molar-refractivity contribution in [3.63, 3.8) is 0 Å². The number of carbonyl (C=O) groups is 1. The van der Waals surface area contributed by atoms with Gasteiger partial charge >= 0.3 is 0 Å². The molecule has 3 aromatic carbocycles. The zero-order chi connectivity index (χ0) is 35.6. The molecule has 50 heavy (non-hydrogen) atoms. The fourth-order valence-corrected chi connectivity index (χ4v) is 5.90. The molecule has 0 fully saturated rings. The number of aromatic nitrogens is 3. The summed E-state index contributed by atoms with van der Waals surface area (Å²) in [5, 5.41) is 21.8. The van der Waals surface area contributed by atoms with Crippen molar-refractivity contribution in [3.05, 3.63) is 83.2 Å². The minimum absolute atomic E-state index is 0.0498. The molecule has 0 saturated carbocycles. The van der Waals surface area contributed by atoms with E-state index < -0.39 is 6.10 Å². The van der Waals surface area contributed by atoms with Gasteiger partial charge in [0, 0.05) is 30.0 Å². The largest absolute Gasteiger partial charge is 0.480 e. The van der Waals surface area contributed by atoms with Gasteiger partial charge in [-0.3, -0.25) is 9.79 Å². The van der Waals surface area contributed by atoms with Gasteiger partial charge in [-0.25, -0.2) is 9.98 Å². The van der Waals surface area contributed by atoms with Crippen LogP contribution in [0.5, 0.6) is 5.75 Å². The highest BCUT2D eigenvalue weighted by molar-refractivity contribution is 6.48. The molecule has 1 atom stereocenters. The molecule has 2 heterocycles. The molecule has 0 saturated heterocycles. The molecule has 1 aliphatic rings. The van der Waals surface area contributed by atoms with Crippen molar-refractivity contribution in [1.29, 1.82) is 0 Å².